The number of benzene rings is 2. The second-order valence-electron chi connectivity index (χ2n) is 9.33. The van der Waals surface area contributed by atoms with Crippen LogP contribution >= 0.6 is 11.6 Å². The zero-order valence-electron chi connectivity index (χ0n) is 21.4. The number of allylic oxidation sites excluding steroid dienone is 1. The normalized spacial score (nSPS) is 12.9. The summed E-state index contributed by atoms with van der Waals surface area (Å²) in [5, 5.41) is 4.13. The highest BCUT2D eigenvalue weighted by Gasteiger charge is 2.28. The van der Waals surface area contributed by atoms with Crippen LogP contribution in [0, 0.1) is 12.8 Å². The highest BCUT2D eigenvalue weighted by atomic mass is 35.5. The van der Waals surface area contributed by atoms with Crippen molar-refractivity contribution in [2.45, 2.75) is 52.1 Å². The average Bonchev–Trinajstić information content (AvgIpc) is 2.80. The van der Waals surface area contributed by atoms with Crippen LogP contribution in [0.15, 0.2) is 43.0 Å². The van der Waals surface area contributed by atoms with Crippen molar-refractivity contribution < 1.29 is 18.0 Å². The maximum atomic E-state index is 12.5. The van der Waals surface area contributed by atoms with Gasteiger partial charge in [-0.3, -0.25) is 4.79 Å². The predicted molar refractivity (Wildman–Crippen MR) is 144 cm³/mol. The van der Waals surface area contributed by atoms with Gasteiger partial charge in [-0.1, -0.05) is 56.3 Å². The van der Waals surface area contributed by atoms with Crippen LogP contribution in [0.4, 0.5) is 13.2 Å². The molecule has 0 radical (unpaired) electrons. The van der Waals surface area contributed by atoms with Gasteiger partial charge in [0.25, 0.3) is 5.91 Å². The fourth-order valence-corrected chi connectivity index (χ4v) is 4.46. The number of nitrogens with zero attached hydrogens (tertiary/aromatic N) is 1. The van der Waals surface area contributed by atoms with E-state index in [1.807, 2.05) is 42.8 Å². The fourth-order valence-electron chi connectivity index (χ4n) is 4.34. The molecule has 0 saturated carbocycles. The van der Waals surface area contributed by atoms with Crippen LogP contribution in [-0.4, -0.2) is 37.1 Å². The number of hydrogen-bond donors (Lipinski definition) is 1. The van der Waals surface area contributed by atoms with Crippen LogP contribution in [0.1, 0.15) is 60.5 Å². The van der Waals surface area contributed by atoms with Crippen molar-refractivity contribution in [3.63, 3.8) is 0 Å². The van der Waals surface area contributed by atoms with Gasteiger partial charge < -0.3 is 10.2 Å². The number of hydrogen-bond acceptors (Lipinski definition) is 2. The first kappa shape index (κ1) is 29.5. The predicted octanol–water partition coefficient (Wildman–Crippen LogP) is 6.32. The van der Waals surface area contributed by atoms with E-state index in [2.05, 4.69) is 25.0 Å². The highest BCUT2D eigenvalue weighted by Crippen LogP contribution is 2.24. The fraction of sp³-hybridized carbons (Fsp3) is 0.414. The maximum absolute atomic E-state index is 12.5. The Kier molecular flexibility index (Phi) is 11.1. The van der Waals surface area contributed by atoms with Crippen LogP contribution in [-0.2, 0) is 0 Å². The van der Waals surface area contributed by atoms with E-state index < -0.39 is 18.6 Å². The van der Waals surface area contributed by atoms with Crippen LogP contribution in [0.2, 0.25) is 5.02 Å². The third-order valence-electron chi connectivity index (χ3n) is 6.24. The van der Waals surface area contributed by atoms with Gasteiger partial charge in [-0.05, 0) is 78.6 Å². The molecule has 1 N–H and O–H groups in total. The largest absolute Gasteiger partial charge is 0.405 e. The Labute approximate surface area is 217 Å². The molecule has 1 unspecified atom stereocenters. The van der Waals surface area contributed by atoms with Gasteiger partial charge in [0.15, 0.2) is 0 Å². The van der Waals surface area contributed by atoms with Gasteiger partial charge in [0.2, 0.25) is 0 Å². The van der Waals surface area contributed by atoms with Crippen LogP contribution in [0.5, 0.6) is 0 Å². The second-order valence-corrected chi connectivity index (χ2v) is 9.77. The van der Waals surface area contributed by atoms with Crippen LogP contribution in [0.3, 0.4) is 0 Å². The first-order valence-corrected chi connectivity index (χ1v) is 12.6. The molecule has 3 nitrogen and oxygen atoms in total. The molecular weight excluding hydrogens is 485 g/mol. The minimum Gasteiger partial charge on any atom is -0.380 e. The maximum Gasteiger partial charge on any atom is 0.405 e. The van der Waals surface area contributed by atoms with E-state index in [0.29, 0.717) is 16.5 Å². The molecule has 2 rings (SSSR count). The molecule has 0 bridgehead atoms. The Hall–Kier alpha value is -2.73. The molecule has 7 heteroatoms. The van der Waals surface area contributed by atoms with E-state index in [4.69, 9.17) is 11.6 Å². The smallest absolute Gasteiger partial charge is 0.380 e. The van der Waals surface area contributed by atoms with E-state index in [1.165, 1.54) is 6.07 Å². The number of nitrogens with one attached hydrogen (secondary N) is 1. The Balaban J connectivity index is 2.07. The highest BCUT2D eigenvalue weighted by molar-refractivity contribution is 6.30. The van der Waals surface area contributed by atoms with E-state index in [9.17, 15) is 18.0 Å². The molecule has 1 amide bonds. The van der Waals surface area contributed by atoms with Crippen molar-refractivity contribution in [3.05, 3.63) is 75.1 Å². The van der Waals surface area contributed by atoms with Gasteiger partial charge in [-0.25, -0.2) is 0 Å². The molecule has 196 valence electrons. The summed E-state index contributed by atoms with van der Waals surface area (Å²) in [5.74, 6) is -0.270. The van der Waals surface area contributed by atoms with Gasteiger partial charge >= 0.3 is 6.18 Å². The summed E-state index contributed by atoms with van der Waals surface area (Å²) in [5.41, 5.74) is 3.03. The molecule has 36 heavy (non-hydrogen) atoms. The Morgan fingerprint density at radius 1 is 1.17 bits per heavy atom. The van der Waals surface area contributed by atoms with E-state index in [-0.39, 0.29) is 5.56 Å². The summed E-state index contributed by atoms with van der Waals surface area (Å²) in [4.78, 5) is 14.4. The van der Waals surface area contributed by atoms with Crippen molar-refractivity contribution in [1.82, 2.24) is 10.2 Å². The molecule has 0 heterocycles. The van der Waals surface area contributed by atoms with Crippen molar-refractivity contribution >= 4 is 35.9 Å². The van der Waals surface area contributed by atoms with Gasteiger partial charge in [0, 0.05) is 35.6 Å². The minimum absolute atomic E-state index is 0.220. The molecule has 0 aromatic heterocycles. The zero-order chi connectivity index (χ0) is 26.9. The lowest BCUT2D eigenvalue weighted by molar-refractivity contribution is -0.123. The van der Waals surface area contributed by atoms with Gasteiger partial charge in [0.1, 0.15) is 6.54 Å². The quantitative estimate of drug-likeness (QED) is 0.355. The molecule has 2 aromatic rings. The summed E-state index contributed by atoms with van der Waals surface area (Å²) in [6.45, 7) is 11.6. The molecule has 0 aliphatic heterocycles. The Bertz CT molecular complexity index is 1140. The zero-order valence-corrected chi connectivity index (χ0v) is 22.1. The molecule has 0 aliphatic carbocycles. The van der Waals surface area contributed by atoms with Crippen LogP contribution in [0.25, 0.3) is 18.4 Å². The second kappa shape index (κ2) is 13.5. The lowest BCUT2D eigenvalue weighted by Gasteiger charge is -2.23. The van der Waals surface area contributed by atoms with E-state index >= 15 is 0 Å². The third-order valence-corrected chi connectivity index (χ3v) is 6.49. The molecule has 0 spiro atoms. The molecule has 0 fully saturated rings. The lowest BCUT2D eigenvalue weighted by atomic mass is 9.93. The molecule has 1 atom stereocenters. The number of rotatable bonds is 12. The third kappa shape index (κ3) is 9.38. The van der Waals surface area contributed by atoms with E-state index in [1.54, 1.807) is 13.0 Å². The summed E-state index contributed by atoms with van der Waals surface area (Å²) < 4.78 is 37.6. The lowest BCUT2D eigenvalue weighted by Crippen LogP contribution is -2.37. The van der Waals surface area contributed by atoms with Crippen molar-refractivity contribution in [2.24, 2.45) is 5.92 Å². The number of halogens is 4. The Morgan fingerprint density at radius 2 is 1.83 bits per heavy atom. The topological polar surface area (TPSA) is 32.3 Å². The number of carbonyl (C=O) groups is 1. The minimum atomic E-state index is -4.46. The first-order chi connectivity index (χ1) is 16.9. The summed E-state index contributed by atoms with van der Waals surface area (Å²) in [7, 11) is 1.98. The number of alkyl halides is 3. The first-order valence-electron chi connectivity index (χ1n) is 12.2. The molecule has 0 aliphatic rings. The van der Waals surface area contributed by atoms with Gasteiger partial charge in [0.05, 0.1) is 0 Å². The number of amides is 1. The van der Waals surface area contributed by atoms with Gasteiger partial charge in [-0.2, -0.15) is 13.2 Å². The van der Waals surface area contributed by atoms with Crippen LogP contribution < -0.4 is 15.8 Å². The van der Waals surface area contributed by atoms with Crippen molar-refractivity contribution in [3.8, 4) is 0 Å². The average molecular weight is 521 g/mol. The standard InChI is InChI=1S/C29H36ClF3N2O/c1-6-8-23(10-7-9-20(2)24-12-14-25(30)15-13-24)17-35(5)18-27-21(3)11-16-26(22(27)4)28(36)34-19-29(31,32)33/h11-16,18,23H,2-3,6-10,17,19H2,1,4-5H3,(H,34,36)/b27-18+. The van der Waals surface area contributed by atoms with Crippen molar-refractivity contribution in [2.75, 3.05) is 20.1 Å². The number of carbonyl (C=O) groups excluding carboxylic acids is 1. The monoisotopic (exact) mass is 520 g/mol. The molecule has 2 aromatic carbocycles. The summed E-state index contributed by atoms with van der Waals surface area (Å²) in [6, 6.07) is 10.9. The van der Waals surface area contributed by atoms with Crippen molar-refractivity contribution in [1.29, 1.82) is 0 Å². The Morgan fingerprint density at radius 3 is 2.44 bits per heavy atom. The molecule has 0 saturated heterocycles. The summed E-state index contributed by atoms with van der Waals surface area (Å²) in [6.07, 6.45) is 2.62. The SMILES string of the molecule is C=C(CCCC(CCC)CN(C)/C=c1/c(C)c(C(=O)NCC(F)(F)F)ccc1=C)c1ccc(Cl)cc1. The molecular formula is C29H36ClF3N2O. The van der Waals surface area contributed by atoms with E-state index in [0.717, 1.165) is 60.2 Å². The summed E-state index contributed by atoms with van der Waals surface area (Å²) >= 11 is 5.98. The van der Waals surface area contributed by atoms with Gasteiger partial charge in [-0.15, -0.1) is 0 Å².